The molecule has 0 aliphatic heterocycles. The molecular formula is C12H13N3O. The van der Waals surface area contributed by atoms with E-state index in [1.54, 1.807) is 12.3 Å². The molecule has 0 aliphatic rings. The largest absolute Gasteiger partial charge is 0.313 e. The lowest BCUT2D eigenvalue weighted by atomic mass is 10.1. The summed E-state index contributed by atoms with van der Waals surface area (Å²) in [7, 11) is 0. The van der Waals surface area contributed by atoms with E-state index in [9.17, 15) is 4.79 Å². The van der Waals surface area contributed by atoms with Gasteiger partial charge < -0.3 is 10.7 Å². The second-order valence-electron chi connectivity index (χ2n) is 3.20. The zero-order valence-corrected chi connectivity index (χ0v) is 9.03. The number of hydrogen-bond donors (Lipinski definition) is 2. The molecule has 0 saturated heterocycles. The molecule has 1 heterocycles. The minimum Gasteiger partial charge on any atom is -0.313 e. The maximum atomic E-state index is 10.4. The Morgan fingerprint density at radius 2 is 2.38 bits per heavy atom. The highest BCUT2D eigenvalue weighted by Gasteiger charge is 2.00. The molecule has 0 spiro atoms. The normalized spacial score (nSPS) is 10.7. The number of pyridine rings is 1. The Labute approximate surface area is 94.2 Å². The molecule has 0 aliphatic carbocycles. The average molecular weight is 215 g/mol. The van der Waals surface area contributed by atoms with Gasteiger partial charge in [-0.1, -0.05) is 6.58 Å². The van der Waals surface area contributed by atoms with E-state index in [0.29, 0.717) is 17.8 Å². The van der Waals surface area contributed by atoms with Crippen molar-refractivity contribution in [2.45, 2.75) is 6.92 Å². The highest BCUT2D eigenvalue weighted by Crippen LogP contribution is 2.17. The molecule has 0 aromatic carbocycles. The number of nitrogens with zero attached hydrogens (tertiary/aromatic N) is 1. The van der Waals surface area contributed by atoms with Crippen molar-refractivity contribution >= 4 is 24.5 Å². The maximum absolute atomic E-state index is 10.4. The van der Waals surface area contributed by atoms with E-state index in [2.05, 4.69) is 16.9 Å². The number of nitrogens with one attached hydrogen (secondary N) is 2. The van der Waals surface area contributed by atoms with Crippen molar-refractivity contribution < 1.29 is 4.79 Å². The maximum Gasteiger partial charge on any atom is 0.212 e. The summed E-state index contributed by atoms with van der Waals surface area (Å²) in [4.78, 5) is 14.4. The molecule has 4 nitrogen and oxygen atoms in total. The molecule has 1 aromatic rings. The van der Waals surface area contributed by atoms with Gasteiger partial charge in [0.05, 0.1) is 0 Å². The third-order valence-corrected chi connectivity index (χ3v) is 2.09. The Morgan fingerprint density at radius 3 is 3.00 bits per heavy atom. The van der Waals surface area contributed by atoms with E-state index >= 15 is 0 Å². The first kappa shape index (κ1) is 11.8. The zero-order valence-electron chi connectivity index (χ0n) is 9.03. The molecule has 0 radical (unpaired) electrons. The third-order valence-electron chi connectivity index (χ3n) is 2.09. The summed E-state index contributed by atoms with van der Waals surface area (Å²) in [5, 5.41) is 9.60. The van der Waals surface area contributed by atoms with Crippen LogP contribution in [0.3, 0.4) is 0 Å². The molecule has 0 unspecified atom stereocenters. The minimum absolute atomic E-state index is 0.495. The smallest absolute Gasteiger partial charge is 0.212 e. The third kappa shape index (κ3) is 2.88. The van der Waals surface area contributed by atoms with Gasteiger partial charge in [0.1, 0.15) is 5.82 Å². The summed E-state index contributed by atoms with van der Waals surface area (Å²) in [6, 6.07) is 3.61. The highest BCUT2D eigenvalue weighted by molar-refractivity contribution is 5.85. The number of carbonyl (C=O) groups excluding carboxylic acids is 1. The van der Waals surface area contributed by atoms with Crippen LogP contribution in [0.1, 0.15) is 12.5 Å². The Hall–Kier alpha value is -2.23. The summed E-state index contributed by atoms with van der Waals surface area (Å²) in [5.41, 5.74) is 2.27. The lowest BCUT2D eigenvalue weighted by molar-refractivity contribution is -0.105. The van der Waals surface area contributed by atoms with Gasteiger partial charge in [0.15, 0.2) is 0 Å². The van der Waals surface area contributed by atoms with Crippen molar-refractivity contribution in [3.05, 3.63) is 41.6 Å². The van der Waals surface area contributed by atoms with E-state index in [0.717, 1.165) is 11.1 Å². The lowest BCUT2D eigenvalue weighted by Gasteiger charge is -2.04. The molecule has 0 fully saturated rings. The fourth-order valence-corrected chi connectivity index (χ4v) is 1.15. The summed E-state index contributed by atoms with van der Waals surface area (Å²) in [5.74, 6) is 0.495. The van der Waals surface area contributed by atoms with Crippen LogP contribution in [0.15, 0.2) is 36.1 Å². The number of allylic oxidation sites excluding steroid dienone is 2. The molecule has 0 saturated carbocycles. The van der Waals surface area contributed by atoms with Gasteiger partial charge in [0.2, 0.25) is 6.41 Å². The van der Waals surface area contributed by atoms with Crippen LogP contribution in [0.5, 0.6) is 0 Å². The number of amides is 1. The zero-order chi connectivity index (χ0) is 12.0. The van der Waals surface area contributed by atoms with Gasteiger partial charge in [0.25, 0.3) is 0 Å². The first-order valence-corrected chi connectivity index (χ1v) is 4.72. The molecule has 2 N–H and O–H groups in total. The van der Waals surface area contributed by atoms with Crippen LogP contribution in [-0.2, 0) is 4.79 Å². The summed E-state index contributed by atoms with van der Waals surface area (Å²) in [6.07, 6.45) is 5.20. The number of aromatic nitrogens is 1. The second kappa shape index (κ2) is 5.60. The quantitative estimate of drug-likeness (QED) is 0.449. The van der Waals surface area contributed by atoms with Crippen molar-refractivity contribution in [2.75, 3.05) is 5.32 Å². The highest BCUT2D eigenvalue weighted by atomic mass is 16.1. The van der Waals surface area contributed by atoms with Crippen LogP contribution in [0.4, 0.5) is 5.82 Å². The number of anilines is 1. The van der Waals surface area contributed by atoms with E-state index < -0.39 is 0 Å². The average Bonchev–Trinajstić information content (AvgIpc) is 2.31. The van der Waals surface area contributed by atoms with Crippen LogP contribution in [0.2, 0.25) is 0 Å². The first-order valence-electron chi connectivity index (χ1n) is 4.72. The van der Waals surface area contributed by atoms with Crippen LogP contribution >= 0.6 is 0 Å². The molecule has 16 heavy (non-hydrogen) atoms. The molecule has 1 aromatic heterocycles. The summed E-state index contributed by atoms with van der Waals surface area (Å²) < 4.78 is 0. The van der Waals surface area contributed by atoms with Crippen LogP contribution < -0.4 is 5.32 Å². The SMILES string of the molecule is C=C(C=N)/C(C)=C/c1cccnc1NC=O. The van der Waals surface area contributed by atoms with E-state index in [1.165, 1.54) is 6.21 Å². The molecule has 4 heteroatoms. The number of rotatable bonds is 5. The van der Waals surface area contributed by atoms with E-state index in [-0.39, 0.29) is 0 Å². The van der Waals surface area contributed by atoms with Gasteiger partial charge in [-0.25, -0.2) is 4.98 Å². The molecule has 1 rings (SSSR count). The van der Waals surface area contributed by atoms with Crippen molar-refractivity contribution in [1.29, 1.82) is 5.41 Å². The molecule has 82 valence electrons. The predicted octanol–water partition coefficient (Wildman–Crippen LogP) is 2.26. The summed E-state index contributed by atoms with van der Waals surface area (Å²) >= 11 is 0. The Kier molecular flexibility index (Phi) is 4.15. The van der Waals surface area contributed by atoms with Crippen molar-refractivity contribution in [3.8, 4) is 0 Å². The molecule has 0 bridgehead atoms. The Bertz CT molecular complexity index is 449. The fraction of sp³-hybridized carbons (Fsp3) is 0.0833. The molecule has 0 atom stereocenters. The predicted molar refractivity (Wildman–Crippen MR) is 65.5 cm³/mol. The minimum atomic E-state index is 0.495. The first-order chi connectivity index (χ1) is 7.69. The Morgan fingerprint density at radius 1 is 1.62 bits per heavy atom. The van der Waals surface area contributed by atoms with Crippen molar-refractivity contribution in [3.63, 3.8) is 0 Å². The van der Waals surface area contributed by atoms with Crippen LogP contribution in [0, 0.1) is 5.41 Å². The topological polar surface area (TPSA) is 65.8 Å². The van der Waals surface area contributed by atoms with Crippen LogP contribution in [-0.4, -0.2) is 17.6 Å². The fourth-order valence-electron chi connectivity index (χ4n) is 1.15. The van der Waals surface area contributed by atoms with Gasteiger partial charge in [-0.2, -0.15) is 0 Å². The lowest BCUT2D eigenvalue weighted by Crippen LogP contribution is -1.99. The van der Waals surface area contributed by atoms with Crippen molar-refractivity contribution in [2.24, 2.45) is 0 Å². The monoisotopic (exact) mass is 215 g/mol. The Balaban J connectivity index is 3.08. The van der Waals surface area contributed by atoms with E-state index in [4.69, 9.17) is 5.41 Å². The molecule has 1 amide bonds. The van der Waals surface area contributed by atoms with Gasteiger partial charge in [-0.3, -0.25) is 4.79 Å². The van der Waals surface area contributed by atoms with Gasteiger partial charge in [0, 0.05) is 18.0 Å². The van der Waals surface area contributed by atoms with Gasteiger partial charge >= 0.3 is 0 Å². The van der Waals surface area contributed by atoms with Gasteiger partial charge in [-0.05, 0) is 36.3 Å². The molecular weight excluding hydrogens is 202 g/mol. The second-order valence-corrected chi connectivity index (χ2v) is 3.20. The summed E-state index contributed by atoms with van der Waals surface area (Å²) in [6.45, 7) is 5.58. The number of carbonyl (C=O) groups is 1. The van der Waals surface area contributed by atoms with Crippen LogP contribution in [0.25, 0.3) is 6.08 Å². The van der Waals surface area contributed by atoms with Gasteiger partial charge in [-0.15, -0.1) is 0 Å². The van der Waals surface area contributed by atoms with E-state index in [1.807, 2.05) is 19.1 Å². The standard InChI is InChI=1S/C12H13N3O/c1-9(10(2)7-13)6-11-4-3-5-14-12(11)15-8-16/h3-8,13H,2H2,1H3,(H,14,15,16)/b9-6+,13-7?. The number of hydrogen-bond acceptors (Lipinski definition) is 3. The van der Waals surface area contributed by atoms with Crippen molar-refractivity contribution in [1.82, 2.24) is 4.98 Å².